The zero-order valence-corrected chi connectivity index (χ0v) is 16.3. The molecule has 1 amide bonds. The molecule has 2 rings (SSSR count). The standard InChI is InChI=1S/C17H25N3O6S/c1-3-8-19(14-6-10-27(24,25)12-14)17(21)13-4-5-15(18-7-9-26-2)16(11-13)20(22)23/h4-5,11,14,18H,3,6-10,12H2,1-2H3. The van der Waals surface area contributed by atoms with E-state index in [2.05, 4.69) is 5.32 Å². The van der Waals surface area contributed by atoms with Crippen molar-refractivity contribution in [3.8, 4) is 0 Å². The molecule has 1 aromatic rings. The van der Waals surface area contributed by atoms with Crippen LogP contribution in [-0.4, -0.2) is 68.5 Å². The Morgan fingerprint density at radius 1 is 1.44 bits per heavy atom. The second kappa shape index (κ2) is 9.14. The lowest BCUT2D eigenvalue weighted by atomic mass is 10.1. The summed E-state index contributed by atoms with van der Waals surface area (Å²) in [4.78, 5) is 25.3. The van der Waals surface area contributed by atoms with E-state index in [1.807, 2.05) is 6.92 Å². The number of hydrogen-bond donors (Lipinski definition) is 1. The average molecular weight is 399 g/mol. The van der Waals surface area contributed by atoms with Crippen LogP contribution < -0.4 is 5.32 Å². The molecule has 9 nitrogen and oxygen atoms in total. The van der Waals surface area contributed by atoms with Gasteiger partial charge in [-0.1, -0.05) is 6.92 Å². The Balaban J connectivity index is 2.27. The van der Waals surface area contributed by atoms with Crippen LogP contribution in [0, 0.1) is 10.1 Å². The first kappa shape index (κ1) is 21.1. The summed E-state index contributed by atoms with van der Waals surface area (Å²) in [5.41, 5.74) is 0.281. The first-order valence-corrected chi connectivity index (χ1v) is 10.6. The molecule has 1 heterocycles. The van der Waals surface area contributed by atoms with E-state index in [-0.39, 0.29) is 34.7 Å². The van der Waals surface area contributed by atoms with Gasteiger partial charge in [-0.15, -0.1) is 0 Å². The predicted octanol–water partition coefficient (Wildman–Crippen LogP) is 1.69. The summed E-state index contributed by atoms with van der Waals surface area (Å²) in [5, 5.41) is 14.3. The maximum absolute atomic E-state index is 12.9. The van der Waals surface area contributed by atoms with Crippen molar-refractivity contribution in [2.45, 2.75) is 25.8 Å². The molecule has 1 fully saturated rings. The molecular formula is C17H25N3O6S. The van der Waals surface area contributed by atoms with Crippen molar-refractivity contribution >= 4 is 27.1 Å². The number of carbonyl (C=O) groups excluding carboxylic acids is 1. The highest BCUT2D eigenvalue weighted by Crippen LogP contribution is 2.27. The lowest BCUT2D eigenvalue weighted by Gasteiger charge is -2.28. The smallest absolute Gasteiger partial charge is 0.293 e. The Labute approximate surface area is 158 Å². The predicted molar refractivity (Wildman–Crippen MR) is 102 cm³/mol. The van der Waals surface area contributed by atoms with Gasteiger partial charge >= 0.3 is 0 Å². The van der Waals surface area contributed by atoms with E-state index in [1.165, 1.54) is 30.2 Å². The van der Waals surface area contributed by atoms with Crippen LogP contribution in [0.25, 0.3) is 0 Å². The average Bonchev–Trinajstić information content (AvgIpc) is 2.99. The molecule has 1 atom stereocenters. The van der Waals surface area contributed by atoms with Crippen LogP contribution in [0.2, 0.25) is 0 Å². The molecule has 1 aliphatic rings. The maximum Gasteiger partial charge on any atom is 0.293 e. The lowest BCUT2D eigenvalue weighted by molar-refractivity contribution is -0.384. The van der Waals surface area contributed by atoms with Crippen molar-refractivity contribution in [2.24, 2.45) is 0 Å². The molecular weight excluding hydrogens is 374 g/mol. The number of methoxy groups -OCH3 is 1. The van der Waals surface area contributed by atoms with Gasteiger partial charge in [-0.25, -0.2) is 8.42 Å². The molecule has 0 aromatic heterocycles. The molecule has 0 bridgehead atoms. The molecule has 150 valence electrons. The minimum Gasteiger partial charge on any atom is -0.383 e. The zero-order valence-electron chi connectivity index (χ0n) is 15.5. The van der Waals surface area contributed by atoms with E-state index >= 15 is 0 Å². The van der Waals surface area contributed by atoms with Gasteiger partial charge in [0.25, 0.3) is 11.6 Å². The SMILES string of the molecule is CCCN(C(=O)c1ccc(NCCOC)c([N+](=O)[O-])c1)C1CCS(=O)(=O)C1. The highest BCUT2D eigenvalue weighted by molar-refractivity contribution is 7.91. The van der Waals surface area contributed by atoms with Gasteiger partial charge in [0, 0.05) is 37.9 Å². The Morgan fingerprint density at radius 3 is 2.74 bits per heavy atom. The minimum absolute atomic E-state index is 0.0580. The number of amides is 1. The molecule has 1 aromatic carbocycles. The van der Waals surface area contributed by atoms with Gasteiger partial charge < -0.3 is 15.0 Å². The van der Waals surface area contributed by atoms with Gasteiger partial charge in [-0.3, -0.25) is 14.9 Å². The summed E-state index contributed by atoms with van der Waals surface area (Å²) in [7, 11) is -1.61. The van der Waals surface area contributed by atoms with Crippen molar-refractivity contribution in [3.63, 3.8) is 0 Å². The fourth-order valence-electron chi connectivity index (χ4n) is 3.13. The van der Waals surface area contributed by atoms with E-state index in [9.17, 15) is 23.3 Å². The molecule has 0 spiro atoms. The number of rotatable bonds is 9. The van der Waals surface area contributed by atoms with Gasteiger partial charge in [-0.05, 0) is 25.0 Å². The summed E-state index contributed by atoms with van der Waals surface area (Å²) in [6.45, 7) is 3.08. The number of sulfone groups is 1. The van der Waals surface area contributed by atoms with Gasteiger partial charge in [0.05, 0.1) is 23.0 Å². The number of hydrogen-bond acceptors (Lipinski definition) is 7. The number of nitrogens with zero attached hydrogens (tertiary/aromatic N) is 2. The van der Waals surface area contributed by atoms with Crippen LogP contribution in [0.1, 0.15) is 30.1 Å². The van der Waals surface area contributed by atoms with Crippen LogP contribution in [0.3, 0.4) is 0 Å². The summed E-state index contributed by atoms with van der Waals surface area (Å²) in [6.07, 6.45) is 1.06. The van der Waals surface area contributed by atoms with Crippen molar-refractivity contribution in [2.75, 3.05) is 43.6 Å². The molecule has 0 aliphatic carbocycles. The monoisotopic (exact) mass is 399 g/mol. The lowest BCUT2D eigenvalue weighted by Crippen LogP contribution is -2.41. The number of nitrogens with one attached hydrogen (secondary N) is 1. The van der Waals surface area contributed by atoms with Crippen LogP contribution in [-0.2, 0) is 14.6 Å². The number of nitro benzene ring substituents is 1. The third-order valence-electron chi connectivity index (χ3n) is 4.44. The third-order valence-corrected chi connectivity index (χ3v) is 6.19. The second-order valence-corrected chi connectivity index (χ2v) is 8.69. The first-order chi connectivity index (χ1) is 12.8. The Morgan fingerprint density at radius 2 is 2.19 bits per heavy atom. The topological polar surface area (TPSA) is 119 Å². The van der Waals surface area contributed by atoms with Crippen molar-refractivity contribution in [1.29, 1.82) is 0 Å². The van der Waals surface area contributed by atoms with Gasteiger partial charge in [-0.2, -0.15) is 0 Å². The minimum atomic E-state index is -3.14. The number of carbonyl (C=O) groups is 1. The van der Waals surface area contributed by atoms with Gasteiger partial charge in [0.2, 0.25) is 0 Å². The van der Waals surface area contributed by atoms with Crippen LogP contribution in [0.4, 0.5) is 11.4 Å². The third kappa shape index (κ3) is 5.39. The molecule has 1 N–H and O–H groups in total. The molecule has 1 saturated heterocycles. The van der Waals surface area contributed by atoms with E-state index < -0.39 is 14.8 Å². The number of anilines is 1. The molecule has 10 heteroatoms. The van der Waals surface area contributed by atoms with Crippen LogP contribution in [0.5, 0.6) is 0 Å². The van der Waals surface area contributed by atoms with E-state index in [1.54, 1.807) is 0 Å². The normalized spacial score (nSPS) is 18.2. The van der Waals surface area contributed by atoms with Crippen LogP contribution >= 0.6 is 0 Å². The molecule has 1 aliphatic heterocycles. The van der Waals surface area contributed by atoms with Gasteiger partial charge in [0.1, 0.15) is 5.69 Å². The maximum atomic E-state index is 12.9. The summed E-state index contributed by atoms with van der Waals surface area (Å²) in [6, 6.07) is 3.87. The van der Waals surface area contributed by atoms with Crippen molar-refractivity contribution < 1.29 is 22.9 Å². The van der Waals surface area contributed by atoms with E-state index in [0.29, 0.717) is 38.2 Å². The highest BCUT2D eigenvalue weighted by atomic mass is 32.2. The van der Waals surface area contributed by atoms with Crippen molar-refractivity contribution in [1.82, 2.24) is 4.90 Å². The summed E-state index contributed by atoms with van der Waals surface area (Å²) >= 11 is 0. The number of benzene rings is 1. The Hall–Kier alpha value is -2.20. The Bertz CT molecular complexity index is 796. The fourth-order valence-corrected chi connectivity index (χ4v) is 4.86. The first-order valence-electron chi connectivity index (χ1n) is 8.81. The zero-order chi connectivity index (χ0) is 20.0. The Kier molecular flexibility index (Phi) is 7.14. The number of nitro groups is 1. The summed E-state index contributed by atoms with van der Waals surface area (Å²) < 4.78 is 28.5. The van der Waals surface area contributed by atoms with E-state index in [0.717, 1.165) is 0 Å². The highest BCUT2D eigenvalue weighted by Gasteiger charge is 2.35. The van der Waals surface area contributed by atoms with Crippen molar-refractivity contribution in [3.05, 3.63) is 33.9 Å². The quantitative estimate of drug-likeness (QED) is 0.381. The fraction of sp³-hybridized carbons (Fsp3) is 0.588. The van der Waals surface area contributed by atoms with Crippen LogP contribution in [0.15, 0.2) is 18.2 Å². The molecule has 0 saturated carbocycles. The molecule has 1 unspecified atom stereocenters. The molecule has 27 heavy (non-hydrogen) atoms. The number of ether oxygens (including phenoxy) is 1. The van der Waals surface area contributed by atoms with Gasteiger partial charge in [0.15, 0.2) is 9.84 Å². The van der Waals surface area contributed by atoms with E-state index in [4.69, 9.17) is 4.74 Å². The molecule has 0 radical (unpaired) electrons. The largest absolute Gasteiger partial charge is 0.383 e. The summed E-state index contributed by atoms with van der Waals surface area (Å²) in [5.74, 6) is -0.379. The second-order valence-electron chi connectivity index (χ2n) is 6.46.